The molecule has 0 amide bonds. The molecule has 1 aliphatic rings. The number of ether oxygens (including phenoxy) is 2. The highest BCUT2D eigenvalue weighted by Gasteiger charge is 2.25. The molecule has 1 heterocycles. The minimum atomic E-state index is -0.587. The molecule has 80 valence electrons. The third-order valence-corrected chi connectivity index (χ3v) is 2.05. The topological polar surface area (TPSA) is 72.8 Å². The molecule has 1 N–H and O–H groups in total. The summed E-state index contributed by atoms with van der Waals surface area (Å²) in [7, 11) is 0. The van der Waals surface area contributed by atoms with Crippen LogP contribution in [0.2, 0.25) is 0 Å². The predicted octanol–water partition coefficient (Wildman–Crippen LogP) is -0.136. The fourth-order valence-electron chi connectivity index (χ4n) is 1.33. The first-order chi connectivity index (χ1) is 6.63. The van der Waals surface area contributed by atoms with Crippen molar-refractivity contribution in [1.82, 2.24) is 0 Å². The molecular formula is C9H14O5. The van der Waals surface area contributed by atoms with E-state index < -0.39 is 11.9 Å². The zero-order chi connectivity index (χ0) is 10.6. The maximum absolute atomic E-state index is 11.3. The lowest BCUT2D eigenvalue weighted by Crippen LogP contribution is -2.25. The second-order valence-corrected chi connectivity index (χ2v) is 3.33. The normalized spacial score (nSPS) is 29.6. The summed E-state index contributed by atoms with van der Waals surface area (Å²) < 4.78 is 9.75. The van der Waals surface area contributed by atoms with Gasteiger partial charge in [0.05, 0.1) is 25.0 Å². The van der Waals surface area contributed by atoms with Crippen molar-refractivity contribution in [2.75, 3.05) is 13.2 Å². The monoisotopic (exact) mass is 202 g/mol. The summed E-state index contributed by atoms with van der Waals surface area (Å²) in [5.41, 5.74) is 0. The largest absolute Gasteiger partial charge is 0.465 e. The van der Waals surface area contributed by atoms with Crippen LogP contribution in [-0.2, 0) is 19.1 Å². The van der Waals surface area contributed by atoms with Crippen molar-refractivity contribution in [3.05, 3.63) is 0 Å². The van der Waals surface area contributed by atoms with E-state index in [2.05, 4.69) is 0 Å². The number of aliphatic hydroxyl groups excluding tert-OH is 1. The van der Waals surface area contributed by atoms with Gasteiger partial charge in [-0.3, -0.25) is 9.59 Å². The van der Waals surface area contributed by atoms with Gasteiger partial charge in [-0.05, 0) is 13.3 Å². The third kappa shape index (κ3) is 2.99. The Morgan fingerprint density at radius 2 is 2.21 bits per heavy atom. The van der Waals surface area contributed by atoms with Crippen molar-refractivity contribution in [3.63, 3.8) is 0 Å². The van der Waals surface area contributed by atoms with Crippen molar-refractivity contribution >= 4 is 11.9 Å². The minimum absolute atomic E-state index is 0.0287. The van der Waals surface area contributed by atoms with Gasteiger partial charge in [-0.1, -0.05) is 0 Å². The molecule has 0 bridgehead atoms. The second kappa shape index (κ2) is 4.95. The highest BCUT2D eigenvalue weighted by atomic mass is 16.6. The van der Waals surface area contributed by atoms with Crippen LogP contribution < -0.4 is 0 Å². The summed E-state index contributed by atoms with van der Waals surface area (Å²) in [6, 6.07) is 0. The van der Waals surface area contributed by atoms with Crippen LogP contribution in [0.1, 0.15) is 19.8 Å². The first-order valence-electron chi connectivity index (χ1n) is 4.60. The standard InChI is InChI=1S/C9H14O5/c1-6-4-7(5-10)9(12)13-3-2-8(11)14-6/h6-7,10H,2-5H2,1H3/t6-,7-/m0/s1. The van der Waals surface area contributed by atoms with E-state index in [-0.39, 0.29) is 31.7 Å². The van der Waals surface area contributed by atoms with Gasteiger partial charge in [-0.25, -0.2) is 0 Å². The zero-order valence-electron chi connectivity index (χ0n) is 8.06. The molecule has 0 aromatic rings. The number of hydrogen-bond donors (Lipinski definition) is 1. The molecule has 1 fully saturated rings. The summed E-state index contributed by atoms with van der Waals surface area (Å²) in [6.07, 6.45) is 0.0280. The minimum Gasteiger partial charge on any atom is -0.465 e. The molecule has 0 spiro atoms. The number of hydrogen-bond acceptors (Lipinski definition) is 5. The first kappa shape index (κ1) is 11.0. The fraction of sp³-hybridized carbons (Fsp3) is 0.778. The predicted molar refractivity (Wildman–Crippen MR) is 46.3 cm³/mol. The summed E-state index contributed by atoms with van der Waals surface area (Å²) in [4.78, 5) is 22.3. The van der Waals surface area contributed by atoms with Crippen LogP contribution in [0.15, 0.2) is 0 Å². The molecule has 0 aromatic carbocycles. The van der Waals surface area contributed by atoms with E-state index in [0.29, 0.717) is 6.42 Å². The van der Waals surface area contributed by atoms with Gasteiger partial charge in [0.1, 0.15) is 6.61 Å². The highest BCUT2D eigenvalue weighted by molar-refractivity contribution is 5.74. The molecule has 1 aliphatic heterocycles. The molecule has 1 rings (SSSR count). The van der Waals surface area contributed by atoms with Crippen molar-refractivity contribution in [2.45, 2.75) is 25.9 Å². The Kier molecular flexibility index (Phi) is 3.88. The van der Waals surface area contributed by atoms with E-state index in [0.717, 1.165) is 0 Å². The Hall–Kier alpha value is -1.10. The Balaban J connectivity index is 2.63. The Labute approximate surface area is 82.0 Å². The Morgan fingerprint density at radius 3 is 2.86 bits per heavy atom. The average molecular weight is 202 g/mol. The number of cyclic esters (lactones) is 2. The van der Waals surface area contributed by atoms with Crippen LogP contribution in [0, 0.1) is 5.92 Å². The van der Waals surface area contributed by atoms with E-state index >= 15 is 0 Å². The molecule has 5 nitrogen and oxygen atoms in total. The maximum Gasteiger partial charge on any atom is 0.311 e. The van der Waals surface area contributed by atoms with Gasteiger partial charge in [-0.15, -0.1) is 0 Å². The van der Waals surface area contributed by atoms with Crippen molar-refractivity contribution in [2.24, 2.45) is 5.92 Å². The molecule has 0 radical (unpaired) electrons. The highest BCUT2D eigenvalue weighted by Crippen LogP contribution is 2.14. The molecule has 0 aliphatic carbocycles. The molecular weight excluding hydrogens is 188 g/mol. The number of rotatable bonds is 1. The van der Waals surface area contributed by atoms with E-state index in [9.17, 15) is 9.59 Å². The third-order valence-electron chi connectivity index (χ3n) is 2.05. The summed E-state index contributed by atoms with van der Waals surface area (Å²) >= 11 is 0. The molecule has 0 unspecified atom stereocenters. The maximum atomic E-state index is 11.3. The van der Waals surface area contributed by atoms with Crippen LogP contribution in [0.25, 0.3) is 0 Å². The lowest BCUT2D eigenvalue weighted by Gasteiger charge is -2.15. The first-order valence-corrected chi connectivity index (χ1v) is 4.60. The van der Waals surface area contributed by atoms with Gasteiger partial charge >= 0.3 is 11.9 Å². The lowest BCUT2D eigenvalue weighted by molar-refractivity contribution is -0.150. The number of carbonyl (C=O) groups is 2. The average Bonchev–Trinajstić information content (AvgIpc) is 2.17. The quantitative estimate of drug-likeness (QED) is 0.599. The van der Waals surface area contributed by atoms with E-state index in [1.165, 1.54) is 0 Å². The van der Waals surface area contributed by atoms with E-state index in [4.69, 9.17) is 14.6 Å². The van der Waals surface area contributed by atoms with Gasteiger partial charge < -0.3 is 14.6 Å². The van der Waals surface area contributed by atoms with Crippen LogP contribution >= 0.6 is 0 Å². The second-order valence-electron chi connectivity index (χ2n) is 3.33. The van der Waals surface area contributed by atoms with Gasteiger partial charge in [0, 0.05) is 0 Å². The number of esters is 2. The molecule has 1 saturated heterocycles. The molecule has 5 heteroatoms. The Bertz CT molecular complexity index is 225. The Morgan fingerprint density at radius 1 is 1.50 bits per heavy atom. The van der Waals surface area contributed by atoms with Crippen LogP contribution in [0.3, 0.4) is 0 Å². The SMILES string of the molecule is C[C@H]1C[C@@H](CO)C(=O)OCCC(=O)O1. The van der Waals surface area contributed by atoms with Gasteiger partial charge in [0.25, 0.3) is 0 Å². The van der Waals surface area contributed by atoms with E-state index in [1.54, 1.807) is 6.92 Å². The van der Waals surface area contributed by atoms with Gasteiger partial charge in [0.2, 0.25) is 0 Å². The van der Waals surface area contributed by atoms with Crippen molar-refractivity contribution < 1.29 is 24.2 Å². The molecule has 0 saturated carbocycles. The molecule has 0 aromatic heterocycles. The van der Waals surface area contributed by atoms with Gasteiger partial charge in [0.15, 0.2) is 0 Å². The van der Waals surface area contributed by atoms with Crippen molar-refractivity contribution in [1.29, 1.82) is 0 Å². The van der Waals surface area contributed by atoms with Crippen LogP contribution in [-0.4, -0.2) is 36.4 Å². The zero-order valence-corrected chi connectivity index (χ0v) is 8.06. The summed E-state index contributed by atoms with van der Waals surface area (Å²) in [5.74, 6) is -1.42. The number of carbonyl (C=O) groups excluding carboxylic acids is 2. The number of aliphatic hydroxyl groups is 1. The van der Waals surface area contributed by atoms with E-state index in [1.807, 2.05) is 0 Å². The van der Waals surface area contributed by atoms with Gasteiger partial charge in [-0.2, -0.15) is 0 Å². The summed E-state index contributed by atoms with van der Waals surface area (Å²) in [6.45, 7) is 1.45. The fourth-order valence-corrected chi connectivity index (χ4v) is 1.33. The lowest BCUT2D eigenvalue weighted by atomic mass is 10.0. The van der Waals surface area contributed by atoms with Crippen molar-refractivity contribution in [3.8, 4) is 0 Å². The molecule has 2 atom stereocenters. The summed E-state index contributed by atoms with van der Waals surface area (Å²) in [5, 5.41) is 8.91. The van der Waals surface area contributed by atoms with Crippen LogP contribution in [0.5, 0.6) is 0 Å². The molecule has 14 heavy (non-hydrogen) atoms. The van der Waals surface area contributed by atoms with Crippen LogP contribution in [0.4, 0.5) is 0 Å². The smallest absolute Gasteiger partial charge is 0.311 e.